The zero-order chi connectivity index (χ0) is 12.1. The van der Waals surface area contributed by atoms with Gasteiger partial charge < -0.3 is 10.6 Å². The van der Waals surface area contributed by atoms with Gasteiger partial charge >= 0.3 is 0 Å². The summed E-state index contributed by atoms with van der Waals surface area (Å²) in [4.78, 5) is 11.4. The predicted octanol–water partition coefficient (Wildman–Crippen LogP) is 1.87. The molecule has 3 heteroatoms. The van der Waals surface area contributed by atoms with E-state index in [2.05, 4.69) is 35.4 Å². The summed E-state index contributed by atoms with van der Waals surface area (Å²) in [6, 6.07) is 6.39. The van der Waals surface area contributed by atoms with E-state index in [1.54, 1.807) is 6.08 Å². The molecule has 0 saturated carbocycles. The molecule has 0 aromatic heterocycles. The minimum absolute atomic E-state index is 0.0866. The van der Waals surface area contributed by atoms with Crippen LogP contribution in [0.15, 0.2) is 30.9 Å². The Morgan fingerprint density at radius 3 is 3.06 bits per heavy atom. The van der Waals surface area contributed by atoms with Gasteiger partial charge in [-0.05, 0) is 23.1 Å². The van der Waals surface area contributed by atoms with Crippen LogP contribution in [0.1, 0.15) is 29.5 Å². The van der Waals surface area contributed by atoms with Gasteiger partial charge in [-0.15, -0.1) is 6.58 Å². The molecule has 0 aliphatic carbocycles. The Kier molecular flexibility index (Phi) is 3.94. The van der Waals surface area contributed by atoms with E-state index in [0.29, 0.717) is 13.0 Å². The van der Waals surface area contributed by atoms with Gasteiger partial charge in [-0.25, -0.2) is 0 Å². The molecule has 0 radical (unpaired) electrons. The highest BCUT2D eigenvalue weighted by Gasteiger charge is 2.10. The zero-order valence-electron chi connectivity index (χ0n) is 9.96. The fraction of sp³-hybridized carbons (Fsp3) is 0.357. The molecule has 1 aliphatic rings. The molecule has 0 atom stereocenters. The van der Waals surface area contributed by atoms with Crippen molar-refractivity contribution in [2.75, 3.05) is 0 Å². The van der Waals surface area contributed by atoms with Gasteiger partial charge in [0.25, 0.3) is 0 Å². The lowest BCUT2D eigenvalue weighted by atomic mass is 10.1. The van der Waals surface area contributed by atoms with Crippen LogP contribution in [0, 0.1) is 0 Å². The second kappa shape index (κ2) is 5.64. The number of fused-ring (bicyclic) bond motifs is 1. The van der Waals surface area contributed by atoms with Gasteiger partial charge in [-0.2, -0.15) is 0 Å². The molecule has 2 rings (SSSR count). The van der Waals surface area contributed by atoms with E-state index in [4.69, 9.17) is 0 Å². The molecule has 1 aromatic carbocycles. The van der Waals surface area contributed by atoms with E-state index in [1.807, 2.05) is 0 Å². The van der Waals surface area contributed by atoms with Crippen LogP contribution in [0.2, 0.25) is 0 Å². The summed E-state index contributed by atoms with van der Waals surface area (Å²) in [6.07, 6.45) is 3.02. The molecular formula is C14H18N2O. The van der Waals surface area contributed by atoms with Gasteiger partial charge in [0.2, 0.25) is 5.91 Å². The first-order valence-electron chi connectivity index (χ1n) is 5.98. The zero-order valence-corrected chi connectivity index (χ0v) is 9.96. The van der Waals surface area contributed by atoms with Crippen LogP contribution in [0.25, 0.3) is 0 Å². The number of hydrogen-bond donors (Lipinski definition) is 2. The Labute approximate surface area is 102 Å². The molecule has 90 valence electrons. The van der Waals surface area contributed by atoms with Crippen LogP contribution < -0.4 is 10.6 Å². The quantitative estimate of drug-likeness (QED) is 0.758. The van der Waals surface area contributed by atoms with Crippen LogP contribution in [0.4, 0.5) is 0 Å². The van der Waals surface area contributed by atoms with Gasteiger partial charge in [0.1, 0.15) is 0 Å². The number of hydrogen-bond acceptors (Lipinski definition) is 2. The number of carbonyl (C=O) groups is 1. The molecule has 1 aromatic rings. The highest BCUT2D eigenvalue weighted by atomic mass is 16.1. The average Bonchev–Trinajstić information content (AvgIpc) is 2.81. The van der Waals surface area contributed by atoms with E-state index in [0.717, 1.165) is 19.5 Å². The topological polar surface area (TPSA) is 41.1 Å². The molecule has 1 amide bonds. The second-order valence-electron chi connectivity index (χ2n) is 4.31. The van der Waals surface area contributed by atoms with E-state index < -0.39 is 0 Å². The maximum absolute atomic E-state index is 11.4. The Bertz CT molecular complexity index is 426. The van der Waals surface area contributed by atoms with Crippen molar-refractivity contribution in [2.24, 2.45) is 0 Å². The van der Waals surface area contributed by atoms with E-state index in [-0.39, 0.29) is 5.91 Å². The fourth-order valence-corrected chi connectivity index (χ4v) is 1.98. The van der Waals surface area contributed by atoms with E-state index in [9.17, 15) is 4.79 Å². The SMILES string of the molecule is C=CCCC(=O)NCc1ccc2c(c1)CNC2. The average molecular weight is 230 g/mol. The van der Waals surface area contributed by atoms with Crippen LogP contribution in [-0.2, 0) is 24.4 Å². The number of benzene rings is 1. The molecule has 0 bridgehead atoms. The third-order valence-electron chi connectivity index (χ3n) is 2.97. The molecule has 0 unspecified atom stereocenters. The minimum Gasteiger partial charge on any atom is -0.352 e. The van der Waals surface area contributed by atoms with Gasteiger partial charge in [-0.1, -0.05) is 24.3 Å². The van der Waals surface area contributed by atoms with Crippen molar-refractivity contribution in [1.29, 1.82) is 0 Å². The summed E-state index contributed by atoms with van der Waals surface area (Å²) in [5.74, 6) is 0.0866. The Morgan fingerprint density at radius 1 is 1.41 bits per heavy atom. The van der Waals surface area contributed by atoms with Crippen LogP contribution >= 0.6 is 0 Å². The van der Waals surface area contributed by atoms with Gasteiger partial charge in [0.05, 0.1) is 0 Å². The minimum atomic E-state index is 0.0866. The number of carbonyl (C=O) groups excluding carboxylic acids is 1. The third-order valence-corrected chi connectivity index (χ3v) is 2.97. The number of allylic oxidation sites excluding steroid dienone is 1. The lowest BCUT2D eigenvalue weighted by Crippen LogP contribution is -2.22. The lowest BCUT2D eigenvalue weighted by molar-refractivity contribution is -0.121. The summed E-state index contributed by atoms with van der Waals surface area (Å²) in [5.41, 5.74) is 3.88. The van der Waals surface area contributed by atoms with E-state index >= 15 is 0 Å². The van der Waals surface area contributed by atoms with Crippen molar-refractivity contribution in [3.63, 3.8) is 0 Å². The molecule has 0 spiro atoms. The maximum Gasteiger partial charge on any atom is 0.220 e. The largest absolute Gasteiger partial charge is 0.352 e. The third kappa shape index (κ3) is 3.17. The number of nitrogens with one attached hydrogen (secondary N) is 2. The molecule has 2 N–H and O–H groups in total. The Morgan fingerprint density at radius 2 is 2.24 bits per heavy atom. The molecule has 3 nitrogen and oxygen atoms in total. The van der Waals surface area contributed by atoms with Crippen molar-refractivity contribution >= 4 is 5.91 Å². The van der Waals surface area contributed by atoms with Crippen LogP contribution in [-0.4, -0.2) is 5.91 Å². The summed E-state index contributed by atoms with van der Waals surface area (Å²) >= 11 is 0. The molecule has 0 saturated heterocycles. The first kappa shape index (κ1) is 11.9. The van der Waals surface area contributed by atoms with E-state index in [1.165, 1.54) is 16.7 Å². The molecule has 1 heterocycles. The summed E-state index contributed by atoms with van der Waals surface area (Å²) < 4.78 is 0. The van der Waals surface area contributed by atoms with Gasteiger partial charge in [0.15, 0.2) is 0 Å². The highest BCUT2D eigenvalue weighted by Crippen LogP contribution is 2.16. The lowest BCUT2D eigenvalue weighted by Gasteiger charge is -2.06. The van der Waals surface area contributed by atoms with Crippen molar-refractivity contribution < 1.29 is 4.79 Å². The van der Waals surface area contributed by atoms with Crippen LogP contribution in [0.3, 0.4) is 0 Å². The first-order chi connectivity index (χ1) is 8.29. The molecule has 0 fully saturated rings. The molecular weight excluding hydrogens is 212 g/mol. The first-order valence-corrected chi connectivity index (χ1v) is 5.98. The fourth-order valence-electron chi connectivity index (χ4n) is 1.98. The van der Waals surface area contributed by atoms with Crippen LogP contribution in [0.5, 0.6) is 0 Å². The maximum atomic E-state index is 11.4. The molecule has 17 heavy (non-hydrogen) atoms. The Balaban J connectivity index is 1.87. The summed E-state index contributed by atoms with van der Waals surface area (Å²) in [5, 5.41) is 6.23. The van der Waals surface area contributed by atoms with Crippen molar-refractivity contribution in [3.8, 4) is 0 Å². The monoisotopic (exact) mass is 230 g/mol. The standard InChI is InChI=1S/C14H18N2O/c1-2-3-4-14(17)16-8-11-5-6-12-9-15-10-13(12)7-11/h2,5-7,15H,1,3-4,8-10H2,(H,16,17). The van der Waals surface area contributed by atoms with Crippen molar-refractivity contribution in [3.05, 3.63) is 47.5 Å². The highest BCUT2D eigenvalue weighted by molar-refractivity contribution is 5.75. The van der Waals surface area contributed by atoms with Gasteiger partial charge in [0, 0.05) is 26.1 Å². The predicted molar refractivity (Wildman–Crippen MR) is 68.3 cm³/mol. The smallest absolute Gasteiger partial charge is 0.220 e. The van der Waals surface area contributed by atoms with Gasteiger partial charge in [-0.3, -0.25) is 4.79 Å². The Hall–Kier alpha value is -1.61. The number of amides is 1. The second-order valence-corrected chi connectivity index (χ2v) is 4.31. The van der Waals surface area contributed by atoms with Crippen molar-refractivity contribution in [1.82, 2.24) is 10.6 Å². The normalized spacial score (nSPS) is 13.2. The summed E-state index contributed by atoms with van der Waals surface area (Å²) in [6.45, 7) is 6.12. The number of rotatable bonds is 5. The molecule has 1 aliphatic heterocycles. The summed E-state index contributed by atoms with van der Waals surface area (Å²) in [7, 11) is 0. The van der Waals surface area contributed by atoms with Crippen molar-refractivity contribution in [2.45, 2.75) is 32.5 Å².